The maximum atomic E-state index is 13.5. The second kappa shape index (κ2) is 7.05. The second-order valence-electron chi connectivity index (χ2n) is 8.03. The highest BCUT2D eigenvalue weighted by molar-refractivity contribution is 7.93. The molecule has 0 aliphatic rings. The van der Waals surface area contributed by atoms with Gasteiger partial charge >= 0.3 is 0 Å². The van der Waals surface area contributed by atoms with E-state index in [0.29, 0.717) is 10.6 Å². The largest absolute Gasteiger partial charge is 0.280 e. The fraction of sp³-hybridized carbons (Fsp3) is 0.0370. The topological polar surface area (TPSA) is 46.2 Å². The van der Waals surface area contributed by atoms with E-state index in [1.807, 2.05) is 61.5 Å². The summed E-state index contributed by atoms with van der Waals surface area (Å²) in [5, 5.41) is 6.33. The van der Waals surface area contributed by atoms with Crippen LogP contribution in [0.5, 0.6) is 0 Å². The number of fused-ring (bicyclic) bond motifs is 7. The third kappa shape index (κ3) is 2.97. The average molecular weight is 454 g/mol. The van der Waals surface area contributed by atoms with Gasteiger partial charge in [-0.3, -0.25) is 4.72 Å². The first-order chi connectivity index (χ1) is 15.5. The van der Waals surface area contributed by atoms with Gasteiger partial charge in [-0.15, -0.1) is 11.3 Å². The molecule has 0 saturated heterocycles. The van der Waals surface area contributed by atoms with Gasteiger partial charge < -0.3 is 0 Å². The monoisotopic (exact) mass is 453 g/mol. The minimum atomic E-state index is -3.77. The lowest BCUT2D eigenvalue weighted by atomic mass is 10.0. The number of thiophene rings is 1. The van der Waals surface area contributed by atoms with Gasteiger partial charge in [-0.25, -0.2) is 8.42 Å². The molecule has 0 bridgehead atoms. The molecule has 32 heavy (non-hydrogen) atoms. The van der Waals surface area contributed by atoms with Gasteiger partial charge in [-0.05, 0) is 41.3 Å². The van der Waals surface area contributed by atoms with Gasteiger partial charge in [0.1, 0.15) is 0 Å². The Hall–Kier alpha value is -3.41. The Kier molecular flexibility index (Phi) is 4.25. The SMILES string of the molecule is Cc1ccc(NS(=O)(=O)c2cc3sc4c5ccccc5ccc4c3c3ccccc23)cc1. The third-order valence-electron chi connectivity index (χ3n) is 5.92. The smallest absolute Gasteiger partial charge is 0.262 e. The average Bonchev–Trinajstić information content (AvgIpc) is 3.19. The zero-order chi connectivity index (χ0) is 21.9. The Bertz CT molecular complexity index is 1770. The van der Waals surface area contributed by atoms with Crippen LogP contribution >= 0.6 is 11.3 Å². The Morgan fingerprint density at radius 1 is 0.719 bits per heavy atom. The molecule has 5 heteroatoms. The maximum absolute atomic E-state index is 13.5. The lowest BCUT2D eigenvalue weighted by Gasteiger charge is -2.12. The van der Waals surface area contributed by atoms with E-state index in [4.69, 9.17) is 0 Å². The zero-order valence-electron chi connectivity index (χ0n) is 17.3. The fourth-order valence-electron chi connectivity index (χ4n) is 4.39. The molecule has 1 N–H and O–H groups in total. The van der Waals surface area contributed by atoms with Gasteiger partial charge in [0.2, 0.25) is 0 Å². The molecule has 0 aliphatic heterocycles. The Morgan fingerprint density at radius 2 is 1.41 bits per heavy atom. The van der Waals surface area contributed by atoms with E-state index in [1.165, 1.54) is 15.5 Å². The number of aryl methyl sites for hydroxylation is 1. The van der Waals surface area contributed by atoms with Crippen molar-refractivity contribution < 1.29 is 8.42 Å². The molecule has 0 aliphatic carbocycles. The fourth-order valence-corrected chi connectivity index (χ4v) is 7.06. The standard InChI is InChI=1S/C27H19NO2S2/c1-17-10-13-19(14-11-17)28-32(29,30)25-16-24-26(22-9-5-4-8-21(22)25)23-15-12-18-6-2-3-7-20(18)27(23)31-24/h2-16,28H,1H3. The molecule has 0 atom stereocenters. The summed E-state index contributed by atoms with van der Waals surface area (Å²) in [6.45, 7) is 1.98. The van der Waals surface area contributed by atoms with Crippen molar-refractivity contribution in [3.8, 4) is 0 Å². The molecular formula is C27H19NO2S2. The van der Waals surface area contributed by atoms with Crippen LogP contribution in [0.1, 0.15) is 5.56 Å². The highest BCUT2D eigenvalue weighted by Gasteiger charge is 2.21. The van der Waals surface area contributed by atoms with Crippen LogP contribution in [0, 0.1) is 6.92 Å². The van der Waals surface area contributed by atoms with E-state index in [0.717, 1.165) is 31.8 Å². The van der Waals surface area contributed by atoms with Crippen molar-refractivity contribution in [1.29, 1.82) is 0 Å². The summed E-state index contributed by atoms with van der Waals surface area (Å²) in [5.74, 6) is 0. The second-order valence-corrected chi connectivity index (χ2v) is 10.7. The van der Waals surface area contributed by atoms with E-state index >= 15 is 0 Å². The van der Waals surface area contributed by atoms with E-state index in [9.17, 15) is 8.42 Å². The van der Waals surface area contributed by atoms with Crippen LogP contribution < -0.4 is 4.72 Å². The minimum Gasteiger partial charge on any atom is -0.280 e. The maximum Gasteiger partial charge on any atom is 0.262 e. The van der Waals surface area contributed by atoms with E-state index in [-0.39, 0.29) is 0 Å². The summed E-state index contributed by atoms with van der Waals surface area (Å²) in [4.78, 5) is 0.303. The number of anilines is 1. The summed E-state index contributed by atoms with van der Waals surface area (Å²) < 4.78 is 31.8. The summed E-state index contributed by atoms with van der Waals surface area (Å²) in [6.07, 6.45) is 0. The van der Waals surface area contributed by atoms with E-state index in [2.05, 4.69) is 29.0 Å². The van der Waals surface area contributed by atoms with Gasteiger partial charge in [-0.1, -0.05) is 78.4 Å². The number of benzene rings is 5. The summed E-state index contributed by atoms with van der Waals surface area (Å²) >= 11 is 1.65. The van der Waals surface area contributed by atoms with Crippen LogP contribution in [0.3, 0.4) is 0 Å². The summed E-state index contributed by atoms with van der Waals surface area (Å²) in [5.41, 5.74) is 1.64. The van der Waals surface area contributed by atoms with Crippen molar-refractivity contribution >= 4 is 68.8 Å². The molecule has 0 unspecified atom stereocenters. The quantitative estimate of drug-likeness (QED) is 0.302. The molecule has 0 saturated carbocycles. The van der Waals surface area contributed by atoms with Crippen LogP contribution in [0.2, 0.25) is 0 Å². The van der Waals surface area contributed by atoms with Crippen molar-refractivity contribution in [2.45, 2.75) is 11.8 Å². The first-order valence-corrected chi connectivity index (χ1v) is 12.7. The van der Waals surface area contributed by atoms with Crippen molar-refractivity contribution in [2.75, 3.05) is 4.72 Å². The molecular weight excluding hydrogens is 434 g/mol. The highest BCUT2D eigenvalue weighted by Crippen LogP contribution is 2.43. The first kappa shape index (κ1) is 19.3. The molecule has 6 aromatic rings. The Balaban J connectivity index is 1.66. The zero-order valence-corrected chi connectivity index (χ0v) is 18.9. The minimum absolute atomic E-state index is 0.303. The lowest BCUT2D eigenvalue weighted by molar-refractivity contribution is 0.602. The third-order valence-corrected chi connectivity index (χ3v) is 8.53. The molecule has 0 radical (unpaired) electrons. The van der Waals surface area contributed by atoms with Crippen molar-refractivity contribution in [1.82, 2.24) is 0 Å². The van der Waals surface area contributed by atoms with Crippen molar-refractivity contribution in [3.63, 3.8) is 0 Å². The van der Waals surface area contributed by atoms with Gasteiger partial charge in [0.15, 0.2) is 0 Å². The molecule has 0 fully saturated rings. The van der Waals surface area contributed by atoms with Crippen LogP contribution in [-0.2, 0) is 10.0 Å². The Morgan fingerprint density at radius 3 is 2.19 bits per heavy atom. The molecule has 0 spiro atoms. The molecule has 1 aromatic heterocycles. The van der Waals surface area contributed by atoms with Crippen molar-refractivity contribution in [2.24, 2.45) is 0 Å². The van der Waals surface area contributed by atoms with E-state index in [1.54, 1.807) is 23.5 Å². The number of nitrogens with one attached hydrogen (secondary N) is 1. The Labute approximate surface area is 190 Å². The van der Waals surface area contributed by atoms with Gasteiger partial charge in [0.05, 0.1) is 4.90 Å². The normalized spacial score (nSPS) is 12.2. The summed E-state index contributed by atoms with van der Waals surface area (Å²) in [7, 11) is -3.77. The van der Waals surface area contributed by atoms with Gasteiger partial charge in [-0.2, -0.15) is 0 Å². The van der Waals surface area contributed by atoms with E-state index < -0.39 is 10.0 Å². The van der Waals surface area contributed by atoms with Gasteiger partial charge in [0.25, 0.3) is 10.0 Å². The number of sulfonamides is 1. The predicted molar refractivity (Wildman–Crippen MR) is 136 cm³/mol. The molecule has 3 nitrogen and oxygen atoms in total. The molecule has 6 rings (SSSR count). The molecule has 1 heterocycles. The first-order valence-electron chi connectivity index (χ1n) is 10.4. The van der Waals surface area contributed by atoms with Gasteiger partial charge in [0, 0.05) is 31.2 Å². The van der Waals surface area contributed by atoms with Crippen molar-refractivity contribution in [3.05, 3.63) is 96.6 Å². The lowest BCUT2D eigenvalue weighted by Crippen LogP contribution is -2.13. The van der Waals surface area contributed by atoms with Crippen LogP contribution in [-0.4, -0.2) is 8.42 Å². The molecule has 156 valence electrons. The summed E-state index contributed by atoms with van der Waals surface area (Å²) in [6, 6.07) is 29.6. The molecule has 0 amide bonds. The number of rotatable bonds is 3. The predicted octanol–water partition coefficient (Wildman–Crippen LogP) is 7.47. The van der Waals surface area contributed by atoms with Crippen LogP contribution in [0.25, 0.3) is 41.7 Å². The highest BCUT2D eigenvalue weighted by atomic mass is 32.2. The van der Waals surface area contributed by atoms with Crippen LogP contribution in [0.4, 0.5) is 5.69 Å². The number of hydrogen-bond donors (Lipinski definition) is 1. The van der Waals surface area contributed by atoms with Crippen LogP contribution in [0.15, 0.2) is 95.9 Å². The number of hydrogen-bond acceptors (Lipinski definition) is 3. The molecule has 5 aromatic carbocycles.